The second kappa shape index (κ2) is 5.66. The van der Waals surface area contributed by atoms with Gasteiger partial charge in [0.25, 0.3) is 0 Å². The van der Waals surface area contributed by atoms with E-state index in [0.717, 1.165) is 5.56 Å². The molecule has 2 aromatic heterocycles. The zero-order valence-electron chi connectivity index (χ0n) is 12.0. The zero-order valence-corrected chi connectivity index (χ0v) is 12.8. The molecule has 0 aliphatic heterocycles. The van der Waals surface area contributed by atoms with E-state index in [4.69, 9.17) is 4.74 Å². The maximum absolute atomic E-state index is 12.0. The number of esters is 1. The van der Waals surface area contributed by atoms with Gasteiger partial charge in [-0.25, -0.2) is 15.0 Å². The van der Waals surface area contributed by atoms with Crippen molar-refractivity contribution in [3.05, 3.63) is 29.0 Å². The van der Waals surface area contributed by atoms with Gasteiger partial charge in [-0.2, -0.15) is 0 Å². The molecule has 0 amide bonds. The Balaban J connectivity index is 2.28. The van der Waals surface area contributed by atoms with Gasteiger partial charge in [0.15, 0.2) is 10.8 Å². The third kappa shape index (κ3) is 2.85. The number of hydrogen-bond acceptors (Lipinski definition) is 6. The Morgan fingerprint density at radius 3 is 2.60 bits per heavy atom. The molecule has 5 nitrogen and oxygen atoms in total. The lowest BCUT2D eigenvalue weighted by atomic mass is 9.90. The Labute approximate surface area is 122 Å². The topological polar surface area (TPSA) is 65.0 Å². The maximum atomic E-state index is 12.0. The van der Waals surface area contributed by atoms with Crippen molar-refractivity contribution in [3.63, 3.8) is 0 Å². The number of nitrogens with zero attached hydrogens (tertiary/aromatic N) is 3. The average Bonchev–Trinajstić information content (AvgIpc) is 2.90. The number of aromatic nitrogens is 3. The van der Waals surface area contributed by atoms with E-state index in [2.05, 4.69) is 15.0 Å². The van der Waals surface area contributed by atoms with Gasteiger partial charge in [0.1, 0.15) is 5.41 Å². The molecule has 0 bridgehead atoms. The number of ether oxygens (including phenoxy) is 1. The molecule has 0 fully saturated rings. The number of carbonyl (C=O) groups is 1. The van der Waals surface area contributed by atoms with Crippen LogP contribution in [0.4, 0.5) is 0 Å². The first-order valence-electron chi connectivity index (χ1n) is 6.37. The molecule has 0 saturated heterocycles. The molecular formula is C14H17N3O2S. The fraction of sp³-hybridized carbons (Fsp3) is 0.429. The van der Waals surface area contributed by atoms with Gasteiger partial charge in [-0.05, 0) is 33.3 Å². The lowest BCUT2D eigenvalue weighted by molar-refractivity contribution is -0.148. The third-order valence-corrected chi connectivity index (χ3v) is 3.74. The molecule has 0 spiro atoms. The second-order valence-corrected chi connectivity index (χ2v) is 5.83. The first kappa shape index (κ1) is 14.6. The SMILES string of the molecule is CCOC(=O)C(C)(C)c1csc(-c2ncc(C)cn2)n1. The standard InChI is InChI=1S/C14H17N3O2S/c1-5-19-13(18)14(3,4)10-8-20-12(17-10)11-15-6-9(2)7-16-11/h6-8H,5H2,1-4H3. The van der Waals surface area contributed by atoms with Crippen LogP contribution in [0.2, 0.25) is 0 Å². The number of rotatable bonds is 4. The van der Waals surface area contributed by atoms with Crippen molar-refractivity contribution < 1.29 is 9.53 Å². The van der Waals surface area contributed by atoms with E-state index in [-0.39, 0.29) is 5.97 Å². The zero-order chi connectivity index (χ0) is 14.8. The quantitative estimate of drug-likeness (QED) is 0.810. The van der Waals surface area contributed by atoms with Gasteiger partial charge in [0.2, 0.25) is 0 Å². The van der Waals surface area contributed by atoms with Crippen molar-refractivity contribution in [1.29, 1.82) is 0 Å². The summed E-state index contributed by atoms with van der Waals surface area (Å²) in [6, 6.07) is 0. The van der Waals surface area contributed by atoms with Crippen LogP contribution in [0.25, 0.3) is 10.8 Å². The molecule has 106 valence electrons. The van der Waals surface area contributed by atoms with Crippen molar-refractivity contribution in [2.45, 2.75) is 33.1 Å². The van der Waals surface area contributed by atoms with E-state index in [0.29, 0.717) is 23.1 Å². The number of aryl methyl sites for hydroxylation is 1. The normalized spacial score (nSPS) is 11.4. The Morgan fingerprint density at radius 2 is 2.00 bits per heavy atom. The molecule has 0 N–H and O–H groups in total. The summed E-state index contributed by atoms with van der Waals surface area (Å²) in [6.07, 6.45) is 3.50. The van der Waals surface area contributed by atoms with Crippen molar-refractivity contribution in [1.82, 2.24) is 15.0 Å². The molecule has 2 aromatic rings. The van der Waals surface area contributed by atoms with E-state index in [1.807, 2.05) is 12.3 Å². The minimum absolute atomic E-state index is 0.276. The van der Waals surface area contributed by atoms with Crippen LogP contribution in [0, 0.1) is 6.92 Å². The van der Waals surface area contributed by atoms with Crippen molar-refractivity contribution in [2.75, 3.05) is 6.61 Å². The maximum Gasteiger partial charge on any atom is 0.317 e. The van der Waals surface area contributed by atoms with Crippen LogP contribution in [-0.4, -0.2) is 27.5 Å². The van der Waals surface area contributed by atoms with Crippen LogP contribution >= 0.6 is 11.3 Å². The summed E-state index contributed by atoms with van der Waals surface area (Å²) < 4.78 is 5.09. The monoisotopic (exact) mass is 291 g/mol. The van der Waals surface area contributed by atoms with Crippen LogP contribution in [0.15, 0.2) is 17.8 Å². The van der Waals surface area contributed by atoms with Gasteiger partial charge in [0, 0.05) is 17.8 Å². The smallest absolute Gasteiger partial charge is 0.317 e. The Bertz CT molecular complexity index is 605. The molecular weight excluding hydrogens is 274 g/mol. The number of hydrogen-bond donors (Lipinski definition) is 0. The lowest BCUT2D eigenvalue weighted by Gasteiger charge is -2.19. The van der Waals surface area contributed by atoms with Crippen LogP contribution in [0.5, 0.6) is 0 Å². The van der Waals surface area contributed by atoms with Crippen LogP contribution in [0.3, 0.4) is 0 Å². The highest BCUT2D eigenvalue weighted by Crippen LogP contribution is 2.29. The predicted octanol–water partition coefficient (Wildman–Crippen LogP) is 2.75. The van der Waals surface area contributed by atoms with Crippen molar-refractivity contribution >= 4 is 17.3 Å². The molecule has 2 heterocycles. The minimum atomic E-state index is -0.768. The third-order valence-electron chi connectivity index (χ3n) is 2.90. The minimum Gasteiger partial charge on any atom is -0.465 e. The average molecular weight is 291 g/mol. The van der Waals surface area contributed by atoms with Gasteiger partial charge >= 0.3 is 5.97 Å². The van der Waals surface area contributed by atoms with Gasteiger partial charge in [-0.1, -0.05) is 0 Å². The lowest BCUT2D eigenvalue weighted by Crippen LogP contribution is -2.31. The summed E-state index contributed by atoms with van der Waals surface area (Å²) in [7, 11) is 0. The fourth-order valence-electron chi connectivity index (χ4n) is 1.58. The summed E-state index contributed by atoms with van der Waals surface area (Å²) in [6.45, 7) is 7.70. The molecule has 0 radical (unpaired) electrons. The van der Waals surface area contributed by atoms with E-state index in [9.17, 15) is 4.79 Å². The van der Waals surface area contributed by atoms with Gasteiger partial charge in [-0.15, -0.1) is 11.3 Å². The fourth-order valence-corrected chi connectivity index (χ4v) is 2.52. The van der Waals surface area contributed by atoms with Crippen LogP contribution < -0.4 is 0 Å². The van der Waals surface area contributed by atoms with E-state index < -0.39 is 5.41 Å². The first-order valence-corrected chi connectivity index (χ1v) is 7.25. The number of thiazole rings is 1. The molecule has 6 heteroatoms. The summed E-state index contributed by atoms with van der Waals surface area (Å²) >= 11 is 1.43. The van der Waals surface area contributed by atoms with Crippen molar-refractivity contribution in [2.24, 2.45) is 0 Å². The summed E-state index contributed by atoms with van der Waals surface area (Å²) in [5.41, 5.74) is 0.910. The Hall–Kier alpha value is -1.82. The number of carbonyl (C=O) groups excluding carboxylic acids is 1. The van der Waals surface area contributed by atoms with Gasteiger partial charge in [0.05, 0.1) is 12.3 Å². The van der Waals surface area contributed by atoms with Gasteiger partial charge < -0.3 is 4.74 Å². The molecule has 2 rings (SSSR count). The first-order chi connectivity index (χ1) is 9.45. The molecule has 0 aliphatic rings. The summed E-state index contributed by atoms with van der Waals surface area (Å²) in [4.78, 5) is 24.9. The summed E-state index contributed by atoms with van der Waals surface area (Å²) in [5, 5.41) is 2.56. The molecule has 0 aromatic carbocycles. The van der Waals surface area contributed by atoms with Crippen molar-refractivity contribution in [3.8, 4) is 10.8 Å². The molecule has 0 aliphatic carbocycles. The largest absolute Gasteiger partial charge is 0.465 e. The molecule has 0 unspecified atom stereocenters. The highest BCUT2D eigenvalue weighted by Gasteiger charge is 2.34. The van der Waals surface area contributed by atoms with Crippen LogP contribution in [-0.2, 0) is 14.9 Å². The highest BCUT2D eigenvalue weighted by molar-refractivity contribution is 7.13. The Kier molecular flexibility index (Phi) is 4.13. The summed E-state index contributed by atoms with van der Waals surface area (Å²) in [5.74, 6) is 0.299. The predicted molar refractivity (Wildman–Crippen MR) is 77.5 cm³/mol. The van der Waals surface area contributed by atoms with E-state index in [1.165, 1.54) is 11.3 Å². The second-order valence-electron chi connectivity index (χ2n) is 4.97. The Morgan fingerprint density at radius 1 is 1.35 bits per heavy atom. The molecule has 0 saturated carbocycles. The van der Waals surface area contributed by atoms with Crippen LogP contribution in [0.1, 0.15) is 32.0 Å². The van der Waals surface area contributed by atoms with E-state index >= 15 is 0 Å². The molecule has 0 atom stereocenters. The van der Waals surface area contributed by atoms with E-state index in [1.54, 1.807) is 33.2 Å². The van der Waals surface area contributed by atoms with Gasteiger partial charge in [-0.3, -0.25) is 4.79 Å². The molecule has 20 heavy (non-hydrogen) atoms. The highest BCUT2D eigenvalue weighted by atomic mass is 32.1.